The van der Waals surface area contributed by atoms with Crippen LogP contribution in [0, 0.1) is 0 Å². The maximum atomic E-state index is 5.85. The lowest BCUT2D eigenvalue weighted by molar-refractivity contribution is 0.220. The van der Waals surface area contributed by atoms with Crippen LogP contribution in [0.4, 0.5) is 5.69 Å². The number of rotatable bonds is 8. The highest BCUT2D eigenvalue weighted by Crippen LogP contribution is 2.28. The molecule has 0 atom stereocenters. The summed E-state index contributed by atoms with van der Waals surface area (Å²) in [4.78, 5) is 2.44. The number of nitrogens with zero attached hydrogens (tertiary/aromatic N) is 1. The summed E-state index contributed by atoms with van der Waals surface area (Å²) in [5.41, 5.74) is 5.50. The third kappa shape index (κ3) is 5.29. The first-order valence-electron chi connectivity index (χ1n) is 9.98. The molecule has 0 saturated heterocycles. The average Bonchev–Trinajstić information content (AvgIpc) is 2.66. The van der Waals surface area contributed by atoms with Gasteiger partial charge in [-0.1, -0.05) is 30.8 Å². The Morgan fingerprint density at radius 2 is 2.00 bits per heavy atom. The van der Waals surface area contributed by atoms with Crippen molar-refractivity contribution >= 4 is 5.69 Å². The van der Waals surface area contributed by atoms with E-state index in [0.717, 1.165) is 43.9 Å². The van der Waals surface area contributed by atoms with E-state index >= 15 is 0 Å². The third-order valence-corrected chi connectivity index (χ3v) is 4.88. The Hall–Kier alpha value is -2.42. The minimum Gasteiger partial charge on any atom is -0.499 e. The van der Waals surface area contributed by atoms with Gasteiger partial charge >= 0.3 is 0 Å². The summed E-state index contributed by atoms with van der Waals surface area (Å²) in [5.74, 6) is 1.82. The van der Waals surface area contributed by atoms with Crippen LogP contribution >= 0.6 is 0 Å². The number of allylic oxidation sites excluding steroid dienone is 1. The van der Waals surface area contributed by atoms with E-state index in [1.165, 1.54) is 22.4 Å². The summed E-state index contributed by atoms with van der Waals surface area (Å²) in [7, 11) is 0. The fourth-order valence-corrected chi connectivity index (χ4v) is 3.57. The standard InChI is InChI=1S/C24H31NO2/c1-5-26-19(4)9-10-20-11-12-22-17-25(14-13-21(22)15-20)23-7-6-8-24(16-23)27-18(2)3/h6-8,11-12,15-16,18H,4-5,9-10,13-14,17H2,1-3H3. The zero-order valence-corrected chi connectivity index (χ0v) is 16.8. The van der Waals surface area contributed by atoms with Gasteiger partial charge in [-0.3, -0.25) is 0 Å². The number of ether oxygens (including phenoxy) is 2. The van der Waals surface area contributed by atoms with Crippen molar-refractivity contribution in [2.75, 3.05) is 18.1 Å². The molecule has 0 bridgehead atoms. The topological polar surface area (TPSA) is 21.7 Å². The summed E-state index contributed by atoms with van der Waals surface area (Å²) < 4.78 is 11.3. The van der Waals surface area contributed by atoms with Gasteiger partial charge in [0.15, 0.2) is 0 Å². The van der Waals surface area contributed by atoms with Crippen LogP contribution in [0.3, 0.4) is 0 Å². The summed E-state index contributed by atoms with van der Waals surface area (Å²) in [6, 6.07) is 15.3. The monoisotopic (exact) mass is 365 g/mol. The molecule has 0 N–H and O–H groups in total. The molecule has 1 aliphatic heterocycles. The van der Waals surface area contributed by atoms with E-state index in [1.54, 1.807) is 0 Å². The molecular formula is C24H31NO2. The Morgan fingerprint density at radius 1 is 1.15 bits per heavy atom. The van der Waals surface area contributed by atoms with E-state index in [9.17, 15) is 0 Å². The Morgan fingerprint density at radius 3 is 2.78 bits per heavy atom. The molecular weight excluding hydrogens is 334 g/mol. The normalized spacial score (nSPS) is 13.4. The molecule has 0 fully saturated rings. The van der Waals surface area contributed by atoms with Crippen molar-refractivity contribution in [3.05, 3.63) is 71.5 Å². The van der Waals surface area contributed by atoms with Gasteiger partial charge in [-0.25, -0.2) is 0 Å². The second-order valence-electron chi connectivity index (χ2n) is 7.41. The minimum absolute atomic E-state index is 0.194. The SMILES string of the molecule is C=C(CCc1ccc2c(c1)CCN(c1cccc(OC(C)C)c1)C2)OCC. The molecule has 0 saturated carbocycles. The van der Waals surface area contributed by atoms with Crippen LogP contribution in [0.25, 0.3) is 0 Å². The molecule has 27 heavy (non-hydrogen) atoms. The highest BCUT2D eigenvalue weighted by molar-refractivity contribution is 5.53. The maximum Gasteiger partial charge on any atom is 0.121 e. The van der Waals surface area contributed by atoms with Gasteiger partial charge in [0.1, 0.15) is 5.75 Å². The van der Waals surface area contributed by atoms with Crippen LogP contribution < -0.4 is 9.64 Å². The second kappa shape index (κ2) is 8.98. The molecule has 0 aliphatic carbocycles. The third-order valence-electron chi connectivity index (χ3n) is 4.88. The molecule has 144 valence electrons. The van der Waals surface area contributed by atoms with Gasteiger partial charge in [-0.15, -0.1) is 0 Å². The van der Waals surface area contributed by atoms with Crippen LogP contribution in [-0.4, -0.2) is 19.3 Å². The number of anilines is 1. The molecule has 2 aromatic rings. The lowest BCUT2D eigenvalue weighted by Gasteiger charge is -2.31. The van der Waals surface area contributed by atoms with E-state index in [4.69, 9.17) is 9.47 Å². The second-order valence-corrected chi connectivity index (χ2v) is 7.41. The number of hydrogen-bond donors (Lipinski definition) is 0. The largest absolute Gasteiger partial charge is 0.499 e. The van der Waals surface area contributed by atoms with Crippen molar-refractivity contribution in [1.29, 1.82) is 0 Å². The van der Waals surface area contributed by atoms with Crippen LogP contribution in [-0.2, 0) is 24.1 Å². The first kappa shape index (κ1) is 19.3. The molecule has 1 heterocycles. The molecule has 0 aromatic heterocycles. The first-order valence-corrected chi connectivity index (χ1v) is 9.98. The highest BCUT2D eigenvalue weighted by Gasteiger charge is 2.17. The zero-order valence-electron chi connectivity index (χ0n) is 16.8. The van der Waals surface area contributed by atoms with Gasteiger partial charge in [0.05, 0.1) is 18.5 Å². The van der Waals surface area contributed by atoms with Crippen molar-refractivity contribution in [3.63, 3.8) is 0 Å². The first-order chi connectivity index (χ1) is 13.0. The van der Waals surface area contributed by atoms with Gasteiger partial charge < -0.3 is 14.4 Å². The molecule has 3 nitrogen and oxygen atoms in total. The fourth-order valence-electron chi connectivity index (χ4n) is 3.57. The van der Waals surface area contributed by atoms with Crippen LogP contribution in [0.5, 0.6) is 5.75 Å². The molecule has 0 radical (unpaired) electrons. The molecule has 3 rings (SSSR count). The van der Waals surface area contributed by atoms with E-state index in [0.29, 0.717) is 6.61 Å². The maximum absolute atomic E-state index is 5.85. The fraction of sp³-hybridized carbons (Fsp3) is 0.417. The van der Waals surface area contributed by atoms with Gasteiger partial charge in [-0.05, 0) is 62.4 Å². The Balaban J connectivity index is 1.66. The zero-order chi connectivity index (χ0) is 19.2. The average molecular weight is 366 g/mol. The van der Waals surface area contributed by atoms with Gasteiger partial charge in [0, 0.05) is 31.3 Å². The summed E-state index contributed by atoms with van der Waals surface area (Å²) in [5, 5.41) is 0. The van der Waals surface area contributed by atoms with Crippen molar-refractivity contribution < 1.29 is 9.47 Å². The molecule has 3 heteroatoms. The van der Waals surface area contributed by atoms with Crippen molar-refractivity contribution in [2.45, 2.75) is 52.7 Å². The molecule has 2 aromatic carbocycles. The lowest BCUT2D eigenvalue weighted by atomic mass is 9.95. The Bertz CT molecular complexity index is 782. The van der Waals surface area contributed by atoms with Crippen LogP contribution in [0.2, 0.25) is 0 Å². The summed E-state index contributed by atoms with van der Waals surface area (Å²) in [6.07, 6.45) is 3.15. The van der Waals surface area contributed by atoms with E-state index in [1.807, 2.05) is 13.0 Å². The van der Waals surface area contributed by atoms with Crippen molar-refractivity contribution in [2.24, 2.45) is 0 Å². The smallest absolute Gasteiger partial charge is 0.121 e. The Labute approximate surface area is 163 Å². The number of fused-ring (bicyclic) bond motifs is 1. The number of aryl methyl sites for hydroxylation is 1. The summed E-state index contributed by atoms with van der Waals surface area (Å²) >= 11 is 0. The molecule has 0 spiro atoms. The summed E-state index contributed by atoms with van der Waals surface area (Å²) in [6.45, 7) is 12.8. The minimum atomic E-state index is 0.194. The lowest BCUT2D eigenvalue weighted by Crippen LogP contribution is -2.30. The van der Waals surface area contributed by atoms with E-state index in [2.05, 4.69) is 61.7 Å². The number of benzene rings is 2. The Kier molecular flexibility index (Phi) is 6.44. The molecule has 0 unspecified atom stereocenters. The highest BCUT2D eigenvalue weighted by atomic mass is 16.5. The van der Waals surface area contributed by atoms with Gasteiger partial charge in [0.25, 0.3) is 0 Å². The predicted octanol–water partition coefficient (Wildman–Crippen LogP) is 5.52. The molecule has 0 amide bonds. The van der Waals surface area contributed by atoms with Gasteiger partial charge in [-0.2, -0.15) is 0 Å². The van der Waals surface area contributed by atoms with Crippen LogP contribution in [0.1, 0.15) is 43.9 Å². The van der Waals surface area contributed by atoms with Crippen molar-refractivity contribution in [1.82, 2.24) is 0 Å². The van der Waals surface area contributed by atoms with Gasteiger partial charge in [0.2, 0.25) is 0 Å². The predicted molar refractivity (Wildman–Crippen MR) is 112 cm³/mol. The molecule has 1 aliphatic rings. The van der Waals surface area contributed by atoms with Crippen molar-refractivity contribution in [3.8, 4) is 5.75 Å². The van der Waals surface area contributed by atoms with E-state index < -0.39 is 0 Å². The van der Waals surface area contributed by atoms with Crippen LogP contribution in [0.15, 0.2) is 54.8 Å². The number of hydrogen-bond acceptors (Lipinski definition) is 3. The van der Waals surface area contributed by atoms with E-state index in [-0.39, 0.29) is 6.10 Å². The quantitative estimate of drug-likeness (QED) is 0.575.